The van der Waals surface area contributed by atoms with Gasteiger partial charge in [-0.1, -0.05) is 109 Å². The van der Waals surface area contributed by atoms with Gasteiger partial charge in [-0.3, -0.25) is 0 Å². The van der Waals surface area contributed by atoms with Crippen molar-refractivity contribution in [2.45, 2.75) is 13.8 Å². The molecule has 0 atom stereocenters. The van der Waals surface area contributed by atoms with Gasteiger partial charge in [0.15, 0.2) is 0 Å². The zero-order valence-electron chi connectivity index (χ0n) is 19.4. The molecule has 5 rings (SSSR count). The molecule has 5 aromatic carbocycles. The standard InChI is InChI=1S/C32H26FP/c1-3-23(2)28-20-18-24-12-10-11-17-29(24)32(28)30-21-19-25(33)22-31(30)34(26-13-6-4-7-14-26)27-15-8-5-9-16-27/h3-22H,1-2H3. The minimum atomic E-state index is -0.957. The monoisotopic (exact) mass is 460 g/mol. The van der Waals surface area contributed by atoms with E-state index in [1.54, 1.807) is 12.1 Å². The number of hydrogen-bond acceptors (Lipinski definition) is 0. The Morgan fingerprint density at radius 3 is 1.97 bits per heavy atom. The van der Waals surface area contributed by atoms with Gasteiger partial charge in [0.1, 0.15) is 5.82 Å². The lowest BCUT2D eigenvalue weighted by Gasteiger charge is -2.24. The first kappa shape index (κ1) is 22.3. The van der Waals surface area contributed by atoms with Gasteiger partial charge >= 0.3 is 0 Å². The third-order valence-corrected chi connectivity index (χ3v) is 8.77. The summed E-state index contributed by atoms with van der Waals surface area (Å²) in [7, 11) is -0.957. The van der Waals surface area contributed by atoms with Crippen LogP contribution in [0, 0.1) is 5.82 Å². The molecule has 0 aromatic heterocycles. The van der Waals surface area contributed by atoms with Gasteiger partial charge in [0.05, 0.1) is 0 Å². The van der Waals surface area contributed by atoms with E-state index in [9.17, 15) is 4.39 Å². The lowest BCUT2D eigenvalue weighted by molar-refractivity contribution is 0.629. The van der Waals surface area contributed by atoms with Crippen molar-refractivity contribution in [3.8, 4) is 11.1 Å². The Bertz CT molecular complexity index is 1430. The van der Waals surface area contributed by atoms with Gasteiger partial charge in [-0.05, 0) is 82.9 Å². The molecule has 5 aromatic rings. The third kappa shape index (κ3) is 4.20. The molecular weight excluding hydrogens is 434 g/mol. The average molecular weight is 461 g/mol. The second kappa shape index (κ2) is 9.75. The summed E-state index contributed by atoms with van der Waals surface area (Å²) >= 11 is 0. The molecule has 0 aliphatic rings. The first-order valence-corrected chi connectivity index (χ1v) is 12.9. The highest BCUT2D eigenvalue weighted by atomic mass is 31.1. The zero-order valence-corrected chi connectivity index (χ0v) is 20.3. The minimum Gasteiger partial charge on any atom is -0.207 e. The van der Waals surface area contributed by atoms with Crippen molar-refractivity contribution < 1.29 is 4.39 Å². The maximum Gasteiger partial charge on any atom is 0.123 e. The van der Waals surface area contributed by atoms with Crippen LogP contribution in [-0.2, 0) is 0 Å². The fourth-order valence-corrected chi connectivity index (χ4v) is 7.00. The Balaban J connectivity index is 1.88. The molecule has 0 unspecified atom stereocenters. The molecule has 0 N–H and O–H groups in total. The van der Waals surface area contributed by atoms with Gasteiger partial charge in [0, 0.05) is 0 Å². The topological polar surface area (TPSA) is 0 Å². The molecule has 166 valence electrons. The van der Waals surface area contributed by atoms with Crippen LogP contribution in [0.4, 0.5) is 4.39 Å². The number of benzene rings is 5. The second-order valence-corrected chi connectivity index (χ2v) is 10.5. The van der Waals surface area contributed by atoms with Gasteiger partial charge < -0.3 is 0 Å². The third-order valence-electron chi connectivity index (χ3n) is 6.29. The smallest absolute Gasteiger partial charge is 0.123 e. The molecule has 0 bridgehead atoms. The van der Waals surface area contributed by atoms with Gasteiger partial charge in [-0.2, -0.15) is 0 Å². The molecule has 0 fully saturated rings. The van der Waals surface area contributed by atoms with Gasteiger partial charge in [0.25, 0.3) is 0 Å². The van der Waals surface area contributed by atoms with Crippen molar-refractivity contribution in [2.24, 2.45) is 0 Å². The van der Waals surface area contributed by atoms with Crippen molar-refractivity contribution in [1.82, 2.24) is 0 Å². The van der Waals surface area contributed by atoms with Crippen molar-refractivity contribution in [3.63, 3.8) is 0 Å². The summed E-state index contributed by atoms with van der Waals surface area (Å²) in [4.78, 5) is 0. The highest BCUT2D eigenvalue weighted by Crippen LogP contribution is 2.41. The Morgan fingerprint density at radius 1 is 0.706 bits per heavy atom. The van der Waals surface area contributed by atoms with Crippen LogP contribution in [0.5, 0.6) is 0 Å². The summed E-state index contributed by atoms with van der Waals surface area (Å²) in [6.45, 7) is 4.22. The van der Waals surface area contributed by atoms with Crippen molar-refractivity contribution in [2.75, 3.05) is 0 Å². The molecular formula is C32H26FP. The fourth-order valence-electron chi connectivity index (χ4n) is 4.53. The number of halogens is 1. The first-order chi connectivity index (χ1) is 16.7. The molecule has 0 saturated heterocycles. The van der Waals surface area contributed by atoms with E-state index in [2.05, 4.69) is 105 Å². The molecule has 0 spiro atoms. The van der Waals surface area contributed by atoms with E-state index < -0.39 is 7.92 Å². The molecule has 0 heterocycles. The summed E-state index contributed by atoms with van der Waals surface area (Å²) < 4.78 is 14.9. The maximum absolute atomic E-state index is 14.9. The van der Waals surface area contributed by atoms with Crippen LogP contribution in [0.25, 0.3) is 27.5 Å². The molecule has 2 heteroatoms. The molecule has 0 aliphatic heterocycles. The summed E-state index contributed by atoms with van der Waals surface area (Å²) in [5, 5.41) is 5.82. The largest absolute Gasteiger partial charge is 0.207 e. The Labute approximate surface area is 202 Å². The van der Waals surface area contributed by atoms with Gasteiger partial charge in [-0.25, -0.2) is 4.39 Å². The molecule has 0 nitrogen and oxygen atoms in total. The van der Waals surface area contributed by atoms with E-state index in [1.807, 2.05) is 18.2 Å². The van der Waals surface area contributed by atoms with E-state index in [-0.39, 0.29) is 5.82 Å². The van der Waals surface area contributed by atoms with Crippen molar-refractivity contribution >= 4 is 40.2 Å². The predicted octanol–water partition coefficient (Wildman–Crippen LogP) is 7.83. The average Bonchev–Trinajstić information content (AvgIpc) is 2.89. The number of allylic oxidation sites excluding steroid dienone is 2. The van der Waals surface area contributed by atoms with E-state index >= 15 is 0 Å². The van der Waals surface area contributed by atoms with Crippen molar-refractivity contribution in [1.29, 1.82) is 0 Å². The summed E-state index contributed by atoms with van der Waals surface area (Å²) in [5.41, 5.74) is 4.65. The van der Waals surface area contributed by atoms with Crippen LogP contribution >= 0.6 is 7.92 Å². The van der Waals surface area contributed by atoms with Gasteiger partial charge in [0.2, 0.25) is 0 Å². The van der Waals surface area contributed by atoms with Crippen LogP contribution in [0.1, 0.15) is 19.4 Å². The SMILES string of the molecule is CC=C(C)c1ccc2ccccc2c1-c1ccc(F)cc1P(c1ccccc1)c1ccccc1. The van der Waals surface area contributed by atoms with E-state index in [0.29, 0.717) is 0 Å². The highest BCUT2D eigenvalue weighted by molar-refractivity contribution is 7.80. The summed E-state index contributed by atoms with van der Waals surface area (Å²) in [6, 6.07) is 39.2. The van der Waals surface area contributed by atoms with E-state index in [0.717, 1.165) is 10.9 Å². The predicted molar refractivity (Wildman–Crippen MR) is 147 cm³/mol. The molecule has 0 aliphatic carbocycles. The van der Waals surface area contributed by atoms with Gasteiger partial charge in [-0.15, -0.1) is 0 Å². The molecule has 0 saturated carbocycles. The van der Waals surface area contributed by atoms with Crippen LogP contribution in [-0.4, -0.2) is 0 Å². The van der Waals surface area contributed by atoms with Crippen LogP contribution in [0.2, 0.25) is 0 Å². The van der Waals surface area contributed by atoms with Crippen LogP contribution < -0.4 is 15.9 Å². The Kier molecular flexibility index (Phi) is 6.39. The number of hydrogen-bond donors (Lipinski definition) is 0. The Morgan fingerprint density at radius 2 is 1.32 bits per heavy atom. The van der Waals surface area contributed by atoms with Crippen LogP contribution in [0.3, 0.4) is 0 Å². The molecule has 34 heavy (non-hydrogen) atoms. The second-order valence-electron chi connectivity index (χ2n) is 8.35. The number of fused-ring (bicyclic) bond motifs is 1. The fraction of sp³-hybridized carbons (Fsp3) is 0.0625. The normalized spacial score (nSPS) is 11.8. The first-order valence-electron chi connectivity index (χ1n) is 11.5. The lowest BCUT2D eigenvalue weighted by atomic mass is 9.90. The van der Waals surface area contributed by atoms with Crippen LogP contribution in [0.15, 0.2) is 121 Å². The van der Waals surface area contributed by atoms with E-state index in [4.69, 9.17) is 0 Å². The molecule has 0 amide bonds. The number of rotatable bonds is 5. The minimum absolute atomic E-state index is 0.206. The molecule has 0 radical (unpaired) electrons. The quantitative estimate of drug-likeness (QED) is 0.235. The zero-order chi connectivity index (χ0) is 23.5. The summed E-state index contributed by atoms with van der Waals surface area (Å²) in [6.07, 6.45) is 2.15. The van der Waals surface area contributed by atoms with E-state index in [1.165, 1.54) is 38.1 Å². The highest BCUT2D eigenvalue weighted by Gasteiger charge is 2.23. The Hall–Kier alpha value is -3.54. The lowest BCUT2D eigenvalue weighted by Crippen LogP contribution is -2.22. The summed E-state index contributed by atoms with van der Waals surface area (Å²) in [5.74, 6) is -0.206. The maximum atomic E-state index is 14.9. The van der Waals surface area contributed by atoms with Crippen molar-refractivity contribution in [3.05, 3.63) is 133 Å².